The van der Waals surface area contributed by atoms with E-state index in [4.69, 9.17) is 9.47 Å². The van der Waals surface area contributed by atoms with Gasteiger partial charge >= 0.3 is 0 Å². The summed E-state index contributed by atoms with van der Waals surface area (Å²) in [5.74, 6) is 3.05. The number of anilines is 1. The van der Waals surface area contributed by atoms with Crippen molar-refractivity contribution < 1.29 is 14.3 Å². The van der Waals surface area contributed by atoms with Crippen molar-refractivity contribution in [2.75, 3.05) is 25.1 Å². The summed E-state index contributed by atoms with van der Waals surface area (Å²) in [5.41, 5.74) is 1.18. The molecule has 1 amide bonds. The van der Waals surface area contributed by atoms with Crippen LogP contribution in [0.1, 0.15) is 57.1 Å². The molecule has 25 heavy (non-hydrogen) atoms. The van der Waals surface area contributed by atoms with Gasteiger partial charge in [0.1, 0.15) is 6.10 Å². The van der Waals surface area contributed by atoms with Crippen molar-refractivity contribution in [1.82, 2.24) is 10.2 Å². The van der Waals surface area contributed by atoms with Gasteiger partial charge < -0.3 is 14.8 Å². The topological polar surface area (TPSA) is 76.2 Å². The second kappa shape index (κ2) is 7.46. The summed E-state index contributed by atoms with van der Waals surface area (Å²) in [5, 5.41) is 10.5. The molecule has 0 radical (unpaired) electrons. The number of hydrogen-bond donors (Lipinski definition) is 2. The molecule has 1 aromatic heterocycles. The number of carbonyl (C=O) groups excluding carboxylic acids is 1. The van der Waals surface area contributed by atoms with Crippen LogP contribution in [-0.4, -0.2) is 42.0 Å². The monoisotopic (exact) mass is 347 g/mol. The summed E-state index contributed by atoms with van der Waals surface area (Å²) in [6, 6.07) is 2.02. The molecule has 1 aliphatic heterocycles. The SMILES string of the molecule is CCOC(C(=O)Nc1cc(C2CC3CCC2C3)[nH]n1)C1CCOCC1. The lowest BCUT2D eigenvalue weighted by Crippen LogP contribution is -2.39. The molecule has 6 nitrogen and oxygen atoms in total. The Labute approximate surface area is 149 Å². The second-order valence-electron chi connectivity index (χ2n) is 7.80. The van der Waals surface area contributed by atoms with Gasteiger partial charge in [0, 0.05) is 37.5 Å². The van der Waals surface area contributed by atoms with Gasteiger partial charge in [0.25, 0.3) is 5.91 Å². The smallest absolute Gasteiger partial charge is 0.254 e. The van der Waals surface area contributed by atoms with Crippen molar-refractivity contribution in [1.29, 1.82) is 0 Å². The van der Waals surface area contributed by atoms with E-state index in [2.05, 4.69) is 15.5 Å². The van der Waals surface area contributed by atoms with E-state index in [0.29, 0.717) is 31.6 Å². The molecule has 0 aromatic carbocycles. The molecule has 3 fully saturated rings. The molecule has 6 heteroatoms. The Morgan fingerprint density at radius 2 is 2.20 bits per heavy atom. The number of ether oxygens (including phenoxy) is 2. The zero-order valence-electron chi connectivity index (χ0n) is 15.0. The Morgan fingerprint density at radius 1 is 1.36 bits per heavy atom. The fourth-order valence-electron chi connectivity index (χ4n) is 5.04. The Balaban J connectivity index is 1.39. The van der Waals surface area contributed by atoms with E-state index >= 15 is 0 Å². The summed E-state index contributed by atoms with van der Waals surface area (Å²) in [7, 11) is 0. The number of fused-ring (bicyclic) bond motifs is 2. The van der Waals surface area contributed by atoms with Crippen LogP contribution in [0.2, 0.25) is 0 Å². The molecule has 4 atom stereocenters. The van der Waals surface area contributed by atoms with Gasteiger partial charge in [-0.25, -0.2) is 0 Å². The molecule has 4 rings (SSSR count). The maximum atomic E-state index is 12.7. The molecule has 1 saturated heterocycles. The van der Waals surface area contributed by atoms with Gasteiger partial charge in [0.05, 0.1) is 0 Å². The van der Waals surface area contributed by atoms with Gasteiger partial charge in [-0.2, -0.15) is 5.10 Å². The quantitative estimate of drug-likeness (QED) is 0.829. The predicted molar refractivity (Wildman–Crippen MR) is 94.4 cm³/mol. The minimum absolute atomic E-state index is 0.0836. The first kappa shape index (κ1) is 17.0. The number of amides is 1. The van der Waals surface area contributed by atoms with Crippen LogP contribution < -0.4 is 5.32 Å². The van der Waals surface area contributed by atoms with Gasteiger partial charge in [-0.3, -0.25) is 9.89 Å². The van der Waals surface area contributed by atoms with Gasteiger partial charge in [-0.15, -0.1) is 0 Å². The van der Waals surface area contributed by atoms with Gasteiger partial charge in [0.15, 0.2) is 5.82 Å². The molecule has 138 valence electrons. The number of rotatable bonds is 6. The fraction of sp³-hybridized carbons (Fsp3) is 0.789. The molecule has 2 aliphatic carbocycles. The number of carbonyl (C=O) groups is 1. The normalized spacial score (nSPS) is 30.5. The highest BCUT2D eigenvalue weighted by atomic mass is 16.5. The van der Waals surface area contributed by atoms with Crippen LogP contribution in [0.4, 0.5) is 5.82 Å². The first-order chi connectivity index (χ1) is 12.2. The number of nitrogens with one attached hydrogen (secondary N) is 2. The van der Waals surface area contributed by atoms with Gasteiger partial charge in [-0.1, -0.05) is 6.42 Å². The molecule has 2 bridgehead atoms. The lowest BCUT2D eigenvalue weighted by molar-refractivity contribution is -0.133. The zero-order valence-corrected chi connectivity index (χ0v) is 15.0. The Morgan fingerprint density at radius 3 is 2.88 bits per heavy atom. The van der Waals surface area contributed by atoms with Crippen LogP contribution in [0.25, 0.3) is 0 Å². The molecular formula is C19H29N3O3. The average molecular weight is 347 g/mol. The molecule has 2 heterocycles. The van der Waals surface area contributed by atoms with Gasteiger partial charge in [0.2, 0.25) is 0 Å². The van der Waals surface area contributed by atoms with Crippen molar-refractivity contribution in [3.05, 3.63) is 11.8 Å². The Kier molecular flexibility index (Phi) is 5.08. The average Bonchev–Trinajstić information content (AvgIpc) is 3.37. The molecule has 1 aromatic rings. The Hall–Kier alpha value is -1.40. The first-order valence-corrected chi connectivity index (χ1v) is 9.80. The van der Waals surface area contributed by atoms with Crippen LogP contribution in [0, 0.1) is 17.8 Å². The van der Waals surface area contributed by atoms with Crippen molar-refractivity contribution in [2.24, 2.45) is 17.8 Å². The summed E-state index contributed by atoms with van der Waals surface area (Å²) in [6.45, 7) is 3.88. The Bertz CT molecular complexity index is 596. The number of H-pyrrole nitrogens is 1. The third kappa shape index (κ3) is 3.60. The maximum absolute atomic E-state index is 12.7. The molecule has 3 aliphatic rings. The van der Waals surface area contributed by atoms with Crippen LogP contribution in [0.5, 0.6) is 0 Å². The summed E-state index contributed by atoms with van der Waals surface area (Å²) < 4.78 is 11.2. The number of nitrogens with zero attached hydrogens (tertiary/aromatic N) is 1. The number of aromatic nitrogens is 2. The highest BCUT2D eigenvalue weighted by Crippen LogP contribution is 2.52. The summed E-state index contributed by atoms with van der Waals surface area (Å²) in [6.07, 6.45) is 6.68. The van der Waals surface area contributed by atoms with Crippen LogP contribution in [-0.2, 0) is 14.3 Å². The largest absolute Gasteiger partial charge is 0.381 e. The summed E-state index contributed by atoms with van der Waals surface area (Å²) >= 11 is 0. The second-order valence-corrected chi connectivity index (χ2v) is 7.80. The highest BCUT2D eigenvalue weighted by molar-refractivity contribution is 5.93. The molecule has 2 N–H and O–H groups in total. The molecular weight excluding hydrogens is 318 g/mol. The van der Waals surface area contributed by atoms with E-state index in [1.54, 1.807) is 0 Å². The van der Waals surface area contributed by atoms with Crippen molar-refractivity contribution in [3.8, 4) is 0 Å². The number of aromatic amines is 1. The lowest BCUT2D eigenvalue weighted by atomic mass is 9.86. The van der Waals surface area contributed by atoms with Crippen molar-refractivity contribution in [2.45, 2.75) is 57.5 Å². The minimum atomic E-state index is -0.420. The third-order valence-corrected chi connectivity index (χ3v) is 6.29. The maximum Gasteiger partial charge on any atom is 0.254 e. The number of hydrogen-bond acceptors (Lipinski definition) is 4. The van der Waals surface area contributed by atoms with E-state index in [1.807, 2.05) is 13.0 Å². The fourth-order valence-corrected chi connectivity index (χ4v) is 5.04. The van der Waals surface area contributed by atoms with Crippen LogP contribution in [0.3, 0.4) is 0 Å². The molecule has 0 spiro atoms. The minimum Gasteiger partial charge on any atom is -0.381 e. The van der Waals surface area contributed by atoms with Crippen molar-refractivity contribution in [3.63, 3.8) is 0 Å². The van der Waals surface area contributed by atoms with E-state index in [-0.39, 0.29) is 11.8 Å². The summed E-state index contributed by atoms with van der Waals surface area (Å²) in [4.78, 5) is 12.7. The first-order valence-electron chi connectivity index (χ1n) is 9.80. The van der Waals surface area contributed by atoms with E-state index in [9.17, 15) is 4.79 Å². The van der Waals surface area contributed by atoms with Crippen LogP contribution >= 0.6 is 0 Å². The van der Waals surface area contributed by atoms with E-state index < -0.39 is 6.10 Å². The van der Waals surface area contributed by atoms with E-state index in [0.717, 1.165) is 24.7 Å². The third-order valence-electron chi connectivity index (χ3n) is 6.29. The van der Waals surface area contributed by atoms with Crippen molar-refractivity contribution >= 4 is 11.7 Å². The standard InChI is InChI=1S/C19H29N3O3/c1-2-25-18(13-5-7-24-8-6-13)19(23)20-17-11-16(21-22-17)15-10-12-3-4-14(15)9-12/h11-15,18H,2-10H2,1H3,(H2,20,21,22,23). The lowest BCUT2D eigenvalue weighted by Gasteiger charge is -2.28. The zero-order chi connectivity index (χ0) is 17.2. The highest BCUT2D eigenvalue weighted by Gasteiger charge is 2.41. The van der Waals surface area contributed by atoms with E-state index in [1.165, 1.54) is 31.4 Å². The molecule has 2 saturated carbocycles. The molecule has 4 unspecified atom stereocenters. The predicted octanol–water partition coefficient (Wildman–Crippen LogP) is 3.08. The van der Waals surface area contributed by atoms with Crippen LogP contribution in [0.15, 0.2) is 6.07 Å². The van der Waals surface area contributed by atoms with Gasteiger partial charge in [-0.05, 0) is 56.8 Å².